The lowest BCUT2D eigenvalue weighted by molar-refractivity contribution is 0.0693. The molecule has 0 saturated heterocycles. The first-order valence-electron chi connectivity index (χ1n) is 6.05. The third-order valence-electron chi connectivity index (χ3n) is 2.81. The van der Waals surface area contributed by atoms with E-state index in [-0.39, 0.29) is 11.4 Å². The van der Waals surface area contributed by atoms with Crippen LogP contribution in [0, 0.1) is 0 Å². The number of ether oxygens (including phenoxy) is 1. The molecule has 2 aromatic heterocycles. The summed E-state index contributed by atoms with van der Waals surface area (Å²) in [6, 6.07) is 10.3. The summed E-state index contributed by atoms with van der Waals surface area (Å²) in [6.07, 6.45) is 2.90. The Kier molecular flexibility index (Phi) is 3.41. The number of aromatic nitrogens is 2. The molecule has 0 saturated carbocycles. The van der Waals surface area contributed by atoms with Crippen LogP contribution in [0.1, 0.15) is 10.4 Å². The van der Waals surface area contributed by atoms with Crippen LogP contribution < -0.4 is 4.74 Å². The SMILES string of the molecule is O=C(O)c1cc2ccccc2nc1Oc1cncc(Cl)c1. The van der Waals surface area contributed by atoms with Gasteiger partial charge in [-0.25, -0.2) is 9.78 Å². The summed E-state index contributed by atoms with van der Waals surface area (Å²) in [4.78, 5) is 19.5. The molecule has 1 aromatic carbocycles. The van der Waals surface area contributed by atoms with E-state index in [2.05, 4.69) is 9.97 Å². The Bertz CT molecular complexity index is 836. The van der Waals surface area contributed by atoms with E-state index < -0.39 is 5.97 Å². The van der Waals surface area contributed by atoms with Crippen molar-refractivity contribution < 1.29 is 14.6 Å². The van der Waals surface area contributed by atoms with Gasteiger partial charge in [0, 0.05) is 17.6 Å². The molecule has 0 aliphatic heterocycles. The number of carbonyl (C=O) groups is 1. The van der Waals surface area contributed by atoms with Gasteiger partial charge in [-0.1, -0.05) is 29.8 Å². The van der Waals surface area contributed by atoms with Crippen LogP contribution >= 0.6 is 11.6 Å². The number of aromatic carboxylic acids is 1. The molecular weight excluding hydrogens is 292 g/mol. The predicted octanol–water partition coefficient (Wildman–Crippen LogP) is 3.77. The highest BCUT2D eigenvalue weighted by atomic mass is 35.5. The first-order valence-corrected chi connectivity index (χ1v) is 6.43. The minimum absolute atomic E-state index is 0.00488. The summed E-state index contributed by atoms with van der Waals surface area (Å²) in [5, 5.41) is 10.4. The molecule has 0 fully saturated rings. The van der Waals surface area contributed by atoms with Crippen molar-refractivity contribution in [3.05, 3.63) is 59.4 Å². The summed E-state index contributed by atoms with van der Waals surface area (Å²) in [5.41, 5.74) is 0.626. The lowest BCUT2D eigenvalue weighted by Crippen LogP contribution is -2.02. The van der Waals surface area contributed by atoms with Crippen molar-refractivity contribution in [1.82, 2.24) is 9.97 Å². The number of rotatable bonds is 3. The number of carboxylic acid groups (broad SMARTS) is 1. The van der Waals surface area contributed by atoms with Crippen molar-refractivity contribution in [1.29, 1.82) is 0 Å². The lowest BCUT2D eigenvalue weighted by atomic mass is 10.1. The Morgan fingerprint density at radius 1 is 1.19 bits per heavy atom. The lowest BCUT2D eigenvalue weighted by Gasteiger charge is -2.09. The van der Waals surface area contributed by atoms with Gasteiger partial charge in [-0.15, -0.1) is 0 Å². The predicted molar refractivity (Wildman–Crippen MR) is 78.0 cm³/mol. The number of nitrogens with zero attached hydrogens (tertiary/aromatic N) is 2. The second-order valence-corrected chi connectivity index (χ2v) is 4.72. The summed E-state index contributed by atoms with van der Waals surface area (Å²) in [6.45, 7) is 0. The molecule has 0 aliphatic rings. The molecule has 3 rings (SSSR count). The average molecular weight is 301 g/mol. The van der Waals surface area contributed by atoms with E-state index in [9.17, 15) is 9.90 Å². The average Bonchev–Trinajstić information content (AvgIpc) is 2.46. The van der Waals surface area contributed by atoms with Crippen LogP contribution in [0.3, 0.4) is 0 Å². The number of para-hydroxylation sites is 1. The molecule has 0 radical (unpaired) electrons. The summed E-state index contributed by atoms with van der Waals surface area (Å²) < 4.78 is 5.52. The Labute approximate surface area is 124 Å². The number of hydrogen-bond acceptors (Lipinski definition) is 4. The van der Waals surface area contributed by atoms with E-state index in [1.165, 1.54) is 24.5 Å². The van der Waals surface area contributed by atoms with Crippen LogP contribution in [0.25, 0.3) is 10.9 Å². The number of halogens is 1. The van der Waals surface area contributed by atoms with Crippen molar-refractivity contribution in [2.45, 2.75) is 0 Å². The molecule has 5 nitrogen and oxygen atoms in total. The van der Waals surface area contributed by atoms with Gasteiger partial charge in [0.05, 0.1) is 16.7 Å². The standard InChI is InChI=1S/C15H9ClN2O3/c16-10-6-11(8-17-7-10)21-14-12(15(19)20)5-9-3-1-2-4-13(9)18-14/h1-8H,(H,19,20). The highest BCUT2D eigenvalue weighted by molar-refractivity contribution is 6.30. The molecule has 3 aromatic rings. The minimum atomic E-state index is -1.11. The molecule has 1 N–H and O–H groups in total. The van der Waals surface area contributed by atoms with Gasteiger partial charge < -0.3 is 9.84 Å². The van der Waals surface area contributed by atoms with Gasteiger partial charge >= 0.3 is 5.97 Å². The first kappa shape index (κ1) is 13.3. The zero-order valence-corrected chi connectivity index (χ0v) is 11.4. The third kappa shape index (κ3) is 2.78. The van der Waals surface area contributed by atoms with E-state index in [4.69, 9.17) is 16.3 Å². The topological polar surface area (TPSA) is 72.3 Å². The van der Waals surface area contributed by atoms with Crippen LogP contribution in [-0.4, -0.2) is 21.0 Å². The number of pyridine rings is 2. The van der Waals surface area contributed by atoms with Crippen LogP contribution in [0.15, 0.2) is 48.8 Å². The zero-order valence-electron chi connectivity index (χ0n) is 10.7. The minimum Gasteiger partial charge on any atom is -0.477 e. The molecular formula is C15H9ClN2O3. The van der Waals surface area contributed by atoms with Gasteiger partial charge in [0.1, 0.15) is 11.3 Å². The van der Waals surface area contributed by atoms with Gasteiger partial charge in [0.15, 0.2) is 0 Å². The Balaban J connectivity index is 2.11. The maximum Gasteiger partial charge on any atom is 0.341 e. The maximum absolute atomic E-state index is 11.4. The monoisotopic (exact) mass is 300 g/mol. The number of fused-ring (bicyclic) bond motifs is 1. The summed E-state index contributed by atoms with van der Waals surface area (Å²) in [5.74, 6) is -0.781. The van der Waals surface area contributed by atoms with E-state index in [1.807, 2.05) is 12.1 Å². The smallest absolute Gasteiger partial charge is 0.341 e. The molecule has 21 heavy (non-hydrogen) atoms. The molecule has 0 spiro atoms. The van der Waals surface area contributed by atoms with Crippen molar-refractivity contribution in [3.8, 4) is 11.6 Å². The molecule has 6 heteroatoms. The third-order valence-corrected chi connectivity index (χ3v) is 3.02. The van der Waals surface area contributed by atoms with Crippen molar-refractivity contribution >= 4 is 28.5 Å². The fourth-order valence-electron chi connectivity index (χ4n) is 1.89. The van der Waals surface area contributed by atoms with E-state index in [0.29, 0.717) is 16.3 Å². The second kappa shape index (κ2) is 5.38. The fourth-order valence-corrected chi connectivity index (χ4v) is 2.05. The molecule has 0 bridgehead atoms. The quantitative estimate of drug-likeness (QED) is 0.797. The van der Waals surface area contributed by atoms with Crippen LogP contribution in [-0.2, 0) is 0 Å². The highest BCUT2D eigenvalue weighted by Crippen LogP contribution is 2.27. The zero-order chi connectivity index (χ0) is 14.8. The Morgan fingerprint density at radius 3 is 2.76 bits per heavy atom. The molecule has 104 valence electrons. The van der Waals surface area contributed by atoms with Crippen LogP contribution in [0.2, 0.25) is 5.02 Å². The Morgan fingerprint density at radius 2 is 2.00 bits per heavy atom. The normalized spacial score (nSPS) is 10.5. The van der Waals surface area contributed by atoms with Gasteiger partial charge in [0.25, 0.3) is 0 Å². The highest BCUT2D eigenvalue weighted by Gasteiger charge is 2.15. The molecule has 0 unspecified atom stereocenters. The maximum atomic E-state index is 11.4. The molecule has 0 aliphatic carbocycles. The fraction of sp³-hybridized carbons (Fsp3) is 0. The van der Waals surface area contributed by atoms with Crippen LogP contribution in [0.5, 0.6) is 11.6 Å². The van der Waals surface area contributed by atoms with E-state index in [1.54, 1.807) is 12.1 Å². The van der Waals surface area contributed by atoms with Gasteiger partial charge in [0.2, 0.25) is 5.88 Å². The molecule has 0 atom stereocenters. The number of benzene rings is 1. The van der Waals surface area contributed by atoms with Crippen molar-refractivity contribution in [2.75, 3.05) is 0 Å². The van der Waals surface area contributed by atoms with E-state index in [0.717, 1.165) is 5.39 Å². The summed E-state index contributed by atoms with van der Waals surface area (Å²) >= 11 is 5.83. The van der Waals surface area contributed by atoms with Crippen molar-refractivity contribution in [3.63, 3.8) is 0 Å². The van der Waals surface area contributed by atoms with Gasteiger partial charge in [-0.3, -0.25) is 4.98 Å². The summed E-state index contributed by atoms with van der Waals surface area (Å²) in [7, 11) is 0. The Hall–Kier alpha value is -2.66. The van der Waals surface area contributed by atoms with Gasteiger partial charge in [-0.05, 0) is 12.1 Å². The largest absolute Gasteiger partial charge is 0.477 e. The molecule has 2 heterocycles. The first-order chi connectivity index (χ1) is 10.1. The number of hydrogen-bond donors (Lipinski definition) is 1. The van der Waals surface area contributed by atoms with E-state index >= 15 is 0 Å². The molecule has 0 amide bonds. The van der Waals surface area contributed by atoms with Gasteiger partial charge in [-0.2, -0.15) is 0 Å². The van der Waals surface area contributed by atoms with Crippen molar-refractivity contribution in [2.24, 2.45) is 0 Å². The van der Waals surface area contributed by atoms with Crippen LogP contribution in [0.4, 0.5) is 0 Å². The second-order valence-electron chi connectivity index (χ2n) is 4.28. The number of carboxylic acids is 1.